The van der Waals surface area contributed by atoms with Crippen molar-refractivity contribution in [1.82, 2.24) is 14.6 Å². The number of fused-ring (bicyclic) bond motifs is 1. The van der Waals surface area contributed by atoms with Crippen molar-refractivity contribution in [1.29, 1.82) is 0 Å². The molecule has 5 nitrogen and oxygen atoms in total. The van der Waals surface area contributed by atoms with Crippen LogP contribution in [0.3, 0.4) is 0 Å². The van der Waals surface area contributed by atoms with Crippen molar-refractivity contribution < 1.29 is 4.74 Å². The van der Waals surface area contributed by atoms with E-state index in [1.807, 2.05) is 40.9 Å². The van der Waals surface area contributed by atoms with Gasteiger partial charge in [0.25, 0.3) is 0 Å². The third-order valence-corrected chi connectivity index (χ3v) is 3.27. The van der Waals surface area contributed by atoms with Gasteiger partial charge >= 0.3 is 0 Å². The van der Waals surface area contributed by atoms with E-state index in [0.717, 1.165) is 28.3 Å². The molecular formula is C15H16N4O. The number of hydrogen-bond donors (Lipinski definition) is 1. The maximum absolute atomic E-state index is 5.68. The van der Waals surface area contributed by atoms with Gasteiger partial charge < -0.3 is 10.5 Å². The van der Waals surface area contributed by atoms with Crippen LogP contribution in [0.2, 0.25) is 0 Å². The zero-order valence-electron chi connectivity index (χ0n) is 11.3. The molecule has 0 unspecified atom stereocenters. The van der Waals surface area contributed by atoms with Crippen LogP contribution in [0, 0.1) is 0 Å². The van der Waals surface area contributed by atoms with Crippen molar-refractivity contribution in [3.05, 3.63) is 59.5 Å². The normalized spacial score (nSPS) is 10.9. The molecule has 2 aromatic heterocycles. The van der Waals surface area contributed by atoms with E-state index < -0.39 is 0 Å². The second kappa shape index (κ2) is 5.30. The van der Waals surface area contributed by atoms with E-state index >= 15 is 0 Å². The Hall–Kier alpha value is -2.40. The Morgan fingerprint density at radius 3 is 2.85 bits per heavy atom. The summed E-state index contributed by atoms with van der Waals surface area (Å²) >= 11 is 0. The van der Waals surface area contributed by atoms with Gasteiger partial charge in [-0.1, -0.05) is 18.2 Å². The van der Waals surface area contributed by atoms with Gasteiger partial charge in [0, 0.05) is 19.2 Å². The quantitative estimate of drug-likeness (QED) is 0.783. The summed E-state index contributed by atoms with van der Waals surface area (Å²) < 4.78 is 7.23. The van der Waals surface area contributed by atoms with Gasteiger partial charge in [-0.3, -0.25) is 4.40 Å². The maximum atomic E-state index is 5.68. The minimum Gasteiger partial charge on any atom is -0.497 e. The zero-order valence-corrected chi connectivity index (χ0v) is 11.3. The first kappa shape index (κ1) is 12.6. The van der Waals surface area contributed by atoms with Crippen molar-refractivity contribution in [2.45, 2.75) is 13.0 Å². The third-order valence-electron chi connectivity index (χ3n) is 3.27. The minimum absolute atomic E-state index is 0.507. The van der Waals surface area contributed by atoms with Gasteiger partial charge in [0.15, 0.2) is 5.65 Å². The Morgan fingerprint density at radius 1 is 1.15 bits per heavy atom. The lowest BCUT2D eigenvalue weighted by Crippen LogP contribution is -2.01. The number of ether oxygens (including phenoxy) is 1. The number of pyridine rings is 1. The average molecular weight is 268 g/mol. The highest BCUT2D eigenvalue weighted by atomic mass is 16.5. The van der Waals surface area contributed by atoms with Crippen molar-refractivity contribution in [2.75, 3.05) is 7.11 Å². The van der Waals surface area contributed by atoms with E-state index in [1.54, 1.807) is 7.11 Å². The average Bonchev–Trinajstić information content (AvgIpc) is 2.89. The second-order valence-corrected chi connectivity index (χ2v) is 4.61. The van der Waals surface area contributed by atoms with Crippen LogP contribution in [0.25, 0.3) is 5.65 Å². The van der Waals surface area contributed by atoms with E-state index in [2.05, 4.69) is 16.3 Å². The molecule has 0 spiro atoms. The fourth-order valence-corrected chi connectivity index (χ4v) is 2.19. The fraction of sp³-hybridized carbons (Fsp3) is 0.200. The third kappa shape index (κ3) is 2.35. The first-order chi connectivity index (χ1) is 9.80. The monoisotopic (exact) mass is 268 g/mol. The highest BCUT2D eigenvalue weighted by molar-refractivity contribution is 5.40. The fourth-order valence-electron chi connectivity index (χ4n) is 2.19. The largest absolute Gasteiger partial charge is 0.497 e. The number of nitrogens with zero attached hydrogens (tertiary/aromatic N) is 3. The van der Waals surface area contributed by atoms with Gasteiger partial charge in [-0.05, 0) is 29.3 Å². The van der Waals surface area contributed by atoms with Crippen molar-refractivity contribution in [2.24, 2.45) is 5.73 Å². The molecule has 0 fully saturated rings. The van der Waals surface area contributed by atoms with Crippen LogP contribution in [0.5, 0.6) is 5.75 Å². The molecule has 3 rings (SSSR count). The van der Waals surface area contributed by atoms with Crippen LogP contribution in [0.15, 0.2) is 42.6 Å². The summed E-state index contributed by atoms with van der Waals surface area (Å²) in [6, 6.07) is 11.9. The lowest BCUT2D eigenvalue weighted by molar-refractivity contribution is 0.414. The molecule has 0 aliphatic heterocycles. The number of nitrogens with two attached hydrogens (primary N) is 1. The van der Waals surface area contributed by atoms with Gasteiger partial charge in [-0.25, -0.2) is 0 Å². The van der Waals surface area contributed by atoms with E-state index in [1.165, 1.54) is 0 Å². The second-order valence-electron chi connectivity index (χ2n) is 4.61. The summed E-state index contributed by atoms with van der Waals surface area (Å²) in [5, 5.41) is 8.43. The number of methoxy groups -OCH3 is 1. The smallest absolute Gasteiger partial charge is 0.160 e. The number of aromatic nitrogens is 3. The van der Waals surface area contributed by atoms with Crippen molar-refractivity contribution >= 4 is 5.65 Å². The molecule has 0 atom stereocenters. The Bertz CT molecular complexity index is 736. The molecular weight excluding hydrogens is 252 g/mol. The number of hydrogen-bond acceptors (Lipinski definition) is 4. The Balaban J connectivity index is 1.97. The number of rotatable bonds is 4. The Labute approximate surface area is 117 Å². The van der Waals surface area contributed by atoms with Crippen molar-refractivity contribution in [3.63, 3.8) is 0 Å². The molecule has 0 saturated carbocycles. The lowest BCUT2D eigenvalue weighted by Gasteiger charge is -2.04. The Morgan fingerprint density at radius 2 is 2.05 bits per heavy atom. The van der Waals surface area contributed by atoms with Gasteiger partial charge in [0.05, 0.1) is 7.11 Å². The SMILES string of the molecule is COc1cccc(Cc2nnc3ccc(CN)cn23)c1. The standard InChI is InChI=1S/C15H16N4O/c1-20-13-4-2-3-11(7-13)8-15-18-17-14-6-5-12(9-16)10-19(14)15/h2-7,10H,8-9,16H2,1H3. The molecule has 0 aliphatic rings. The van der Waals surface area contributed by atoms with E-state index in [4.69, 9.17) is 10.5 Å². The molecule has 1 aromatic carbocycles. The molecule has 5 heteroatoms. The minimum atomic E-state index is 0.507. The van der Waals surface area contributed by atoms with Gasteiger partial charge in [-0.2, -0.15) is 0 Å². The molecule has 2 heterocycles. The summed E-state index contributed by atoms with van der Waals surface area (Å²) in [6.45, 7) is 0.507. The predicted octanol–water partition coefficient (Wildman–Crippen LogP) is 1.79. The molecule has 0 aliphatic carbocycles. The molecule has 0 bridgehead atoms. The highest BCUT2D eigenvalue weighted by Gasteiger charge is 2.07. The van der Waals surface area contributed by atoms with Crippen LogP contribution >= 0.6 is 0 Å². The zero-order chi connectivity index (χ0) is 13.9. The molecule has 102 valence electrons. The van der Waals surface area contributed by atoms with E-state index in [0.29, 0.717) is 13.0 Å². The maximum Gasteiger partial charge on any atom is 0.160 e. The van der Waals surface area contributed by atoms with E-state index in [-0.39, 0.29) is 0 Å². The van der Waals surface area contributed by atoms with Gasteiger partial charge in [0.2, 0.25) is 0 Å². The van der Waals surface area contributed by atoms with Crippen molar-refractivity contribution in [3.8, 4) is 5.75 Å². The van der Waals surface area contributed by atoms with Crippen LogP contribution in [-0.4, -0.2) is 21.7 Å². The topological polar surface area (TPSA) is 65.4 Å². The molecule has 0 saturated heterocycles. The van der Waals surface area contributed by atoms with Crippen LogP contribution in [0.1, 0.15) is 17.0 Å². The summed E-state index contributed by atoms with van der Waals surface area (Å²) in [6.07, 6.45) is 2.69. The summed E-state index contributed by atoms with van der Waals surface area (Å²) in [5.74, 6) is 1.74. The molecule has 20 heavy (non-hydrogen) atoms. The summed E-state index contributed by atoms with van der Waals surface area (Å²) in [5.41, 5.74) is 8.71. The first-order valence-electron chi connectivity index (χ1n) is 6.45. The van der Waals surface area contributed by atoms with Gasteiger partial charge in [0.1, 0.15) is 11.6 Å². The summed E-state index contributed by atoms with van der Waals surface area (Å²) in [4.78, 5) is 0. The predicted molar refractivity (Wildman–Crippen MR) is 76.7 cm³/mol. The highest BCUT2D eigenvalue weighted by Crippen LogP contribution is 2.16. The van der Waals surface area contributed by atoms with Gasteiger partial charge in [-0.15, -0.1) is 10.2 Å². The summed E-state index contributed by atoms with van der Waals surface area (Å²) in [7, 11) is 1.67. The first-order valence-corrected chi connectivity index (χ1v) is 6.45. The van der Waals surface area contributed by atoms with Crippen LogP contribution in [0.4, 0.5) is 0 Å². The van der Waals surface area contributed by atoms with Crippen LogP contribution in [-0.2, 0) is 13.0 Å². The molecule has 3 aromatic rings. The van der Waals surface area contributed by atoms with Crippen LogP contribution < -0.4 is 10.5 Å². The molecule has 2 N–H and O–H groups in total. The lowest BCUT2D eigenvalue weighted by atomic mass is 10.1. The number of benzene rings is 1. The van der Waals surface area contributed by atoms with E-state index in [9.17, 15) is 0 Å². The molecule has 0 radical (unpaired) electrons. The molecule has 0 amide bonds. The Kier molecular flexibility index (Phi) is 3.35.